The van der Waals surface area contributed by atoms with Gasteiger partial charge in [0.1, 0.15) is 0 Å². The van der Waals surface area contributed by atoms with Crippen molar-refractivity contribution < 1.29 is 4.74 Å². The van der Waals surface area contributed by atoms with Crippen molar-refractivity contribution in [3.63, 3.8) is 0 Å². The number of nitrogens with zero attached hydrogens (tertiary/aromatic N) is 2. The Kier molecular flexibility index (Phi) is 3.84. The molecule has 0 amide bonds. The zero-order chi connectivity index (χ0) is 12.2. The molecule has 1 aliphatic carbocycles. The van der Waals surface area contributed by atoms with Crippen LogP contribution in [-0.2, 0) is 6.54 Å². The summed E-state index contributed by atoms with van der Waals surface area (Å²) in [7, 11) is 0. The van der Waals surface area contributed by atoms with Crippen molar-refractivity contribution in [1.82, 2.24) is 15.1 Å². The van der Waals surface area contributed by atoms with Crippen LogP contribution in [0.1, 0.15) is 38.5 Å². The molecule has 1 saturated carbocycles. The van der Waals surface area contributed by atoms with E-state index in [2.05, 4.69) is 16.6 Å². The summed E-state index contributed by atoms with van der Waals surface area (Å²) in [6.45, 7) is 3.31. The highest BCUT2D eigenvalue weighted by atomic mass is 16.5. The van der Waals surface area contributed by atoms with Crippen LogP contribution in [-0.4, -0.2) is 29.0 Å². The van der Waals surface area contributed by atoms with Crippen LogP contribution >= 0.6 is 0 Å². The zero-order valence-corrected chi connectivity index (χ0v) is 11.0. The Morgan fingerprint density at radius 1 is 1.28 bits per heavy atom. The van der Waals surface area contributed by atoms with E-state index in [0.717, 1.165) is 24.8 Å². The Balaban J connectivity index is 1.52. The number of hydrogen-bond donors (Lipinski definition) is 1. The number of aromatic nitrogens is 2. The van der Waals surface area contributed by atoms with Crippen LogP contribution in [0.4, 0.5) is 0 Å². The summed E-state index contributed by atoms with van der Waals surface area (Å²) in [6, 6.07) is 0. The van der Waals surface area contributed by atoms with Crippen LogP contribution in [0.15, 0.2) is 12.4 Å². The van der Waals surface area contributed by atoms with Gasteiger partial charge < -0.3 is 10.1 Å². The summed E-state index contributed by atoms with van der Waals surface area (Å²) in [6.07, 6.45) is 12.0. The van der Waals surface area contributed by atoms with E-state index in [1.54, 1.807) is 0 Å². The fourth-order valence-corrected chi connectivity index (χ4v) is 3.05. The molecule has 0 bridgehead atoms. The zero-order valence-electron chi connectivity index (χ0n) is 11.0. The van der Waals surface area contributed by atoms with E-state index in [1.165, 1.54) is 45.1 Å². The molecule has 1 aromatic heterocycles. The van der Waals surface area contributed by atoms with Gasteiger partial charge in [-0.15, -0.1) is 0 Å². The predicted molar refractivity (Wildman–Crippen MR) is 70.7 cm³/mol. The van der Waals surface area contributed by atoms with Gasteiger partial charge >= 0.3 is 0 Å². The molecule has 1 saturated heterocycles. The van der Waals surface area contributed by atoms with Crippen LogP contribution in [0, 0.1) is 5.92 Å². The lowest BCUT2D eigenvalue weighted by molar-refractivity contribution is 0.209. The molecule has 0 radical (unpaired) electrons. The fraction of sp³-hybridized carbons (Fsp3) is 0.786. The number of hydrogen-bond acceptors (Lipinski definition) is 3. The van der Waals surface area contributed by atoms with E-state index in [4.69, 9.17) is 4.74 Å². The molecule has 0 aromatic carbocycles. The van der Waals surface area contributed by atoms with Crippen molar-refractivity contribution in [3.05, 3.63) is 12.4 Å². The summed E-state index contributed by atoms with van der Waals surface area (Å²) >= 11 is 0. The van der Waals surface area contributed by atoms with Gasteiger partial charge in [0.15, 0.2) is 5.75 Å². The van der Waals surface area contributed by atoms with E-state index in [0.29, 0.717) is 6.10 Å². The van der Waals surface area contributed by atoms with E-state index in [9.17, 15) is 0 Å². The minimum absolute atomic E-state index is 0.430. The molecule has 2 fully saturated rings. The molecule has 3 rings (SSSR count). The Bertz CT molecular complexity index is 365. The average molecular weight is 249 g/mol. The van der Waals surface area contributed by atoms with Crippen LogP contribution in [0.5, 0.6) is 5.75 Å². The summed E-state index contributed by atoms with van der Waals surface area (Å²) in [5.41, 5.74) is 0. The van der Waals surface area contributed by atoms with Gasteiger partial charge in [0.2, 0.25) is 0 Å². The summed E-state index contributed by atoms with van der Waals surface area (Å²) < 4.78 is 7.99. The van der Waals surface area contributed by atoms with E-state index in [1.807, 2.05) is 10.9 Å². The van der Waals surface area contributed by atoms with Crippen molar-refractivity contribution in [1.29, 1.82) is 0 Å². The van der Waals surface area contributed by atoms with Crippen molar-refractivity contribution >= 4 is 0 Å². The lowest BCUT2D eigenvalue weighted by atomic mass is 10.00. The minimum Gasteiger partial charge on any atom is -0.487 e. The number of ether oxygens (including phenoxy) is 1. The maximum absolute atomic E-state index is 5.95. The Morgan fingerprint density at radius 2 is 2.17 bits per heavy atom. The highest BCUT2D eigenvalue weighted by molar-refractivity contribution is 5.12. The second-order valence-electron chi connectivity index (χ2n) is 5.63. The third-order valence-corrected chi connectivity index (χ3v) is 4.06. The monoisotopic (exact) mass is 249 g/mol. The largest absolute Gasteiger partial charge is 0.487 e. The Hall–Kier alpha value is -1.03. The van der Waals surface area contributed by atoms with Crippen molar-refractivity contribution in [2.75, 3.05) is 13.1 Å². The SMILES string of the molecule is c1nn(CC2CCCNC2)cc1OC1CCCC1. The van der Waals surface area contributed by atoms with Gasteiger partial charge in [-0.05, 0) is 57.5 Å². The fourth-order valence-electron chi connectivity index (χ4n) is 3.05. The minimum atomic E-state index is 0.430. The quantitative estimate of drug-likeness (QED) is 0.889. The van der Waals surface area contributed by atoms with Gasteiger partial charge in [-0.1, -0.05) is 0 Å². The molecular formula is C14H23N3O. The second-order valence-corrected chi connectivity index (χ2v) is 5.63. The van der Waals surface area contributed by atoms with Crippen molar-refractivity contribution in [3.8, 4) is 5.75 Å². The Labute approximate surface area is 109 Å². The summed E-state index contributed by atoms with van der Waals surface area (Å²) in [4.78, 5) is 0. The first-order chi connectivity index (χ1) is 8.90. The highest BCUT2D eigenvalue weighted by Gasteiger charge is 2.18. The van der Waals surface area contributed by atoms with Crippen LogP contribution in [0.3, 0.4) is 0 Å². The average Bonchev–Trinajstić information content (AvgIpc) is 3.03. The van der Waals surface area contributed by atoms with Gasteiger partial charge in [-0.25, -0.2) is 0 Å². The third kappa shape index (κ3) is 3.05. The Morgan fingerprint density at radius 3 is 2.94 bits per heavy atom. The maximum Gasteiger partial charge on any atom is 0.157 e. The molecule has 0 spiro atoms. The van der Waals surface area contributed by atoms with Crippen LogP contribution in [0.25, 0.3) is 0 Å². The van der Waals surface area contributed by atoms with Gasteiger partial charge in [-0.2, -0.15) is 5.10 Å². The molecule has 4 heteroatoms. The van der Waals surface area contributed by atoms with Crippen molar-refractivity contribution in [2.24, 2.45) is 5.92 Å². The normalized spacial score (nSPS) is 25.4. The van der Waals surface area contributed by atoms with E-state index >= 15 is 0 Å². The van der Waals surface area contributed by atoms with Crippen molar-refractivity contribution in [2.45, 2.75) is 51.2 Å². The number of nitrogens with one attached hydrogen (secondary N) is 1. The number of piperidine rings is 1. The van der Waals surface area contributed by atoms with Gasteiger partial charge in [0.25, 0.3) is 0 Å². The van der Waals surface area contributed by atoms with E-state index < -0.39 is 0 Å². The standard InChI is InChI=1S/C14H23N3O/c1-2-6-13(5-1)18-14-9-16-17(11-14)10-12-4-3-7-15-8-12/h9,11-13,15H,1-8,10H2. The molecule has 18 heavy (non-hydrogen) atoms. The highest BCUT2D eigenvalue weighted by Crippen LogP contribution is 2.24. The maximum atomic E-state index is 5.95. The molecule has 1 N–H and O–H groups in total. The van der Waals surface area contributed by atoms with Gasteiger partial charge in [-0.3, -0.25) is 4.68 Å². The summed E-state index contributed by atoms with van der Waals surface area (Å²) in [5.74, 6) is 1.67. The predicted octanol–water partition coefficient (Wildman–Crippen LogP) is 2.20. The molecule has 2 heterocycles. The smallest absolute Gasteiger partial charge is 0.157 e. The molecule has 2 aliphatic rings. The molecule has 4 nitrogen and oxygen atoms in total. The summed E-state index contributed by atoms with van der Waals surface area (Å²) in [5, 5.41) is 7.86. The lowest BCUT2D eigenvalue weighted by Crippen LogP contribution is -2.32. The molecular weight excluding hydrogens is 226 g/mol. The first-order valence-corrected chi connectivity index (χ1v) is 7.30. The topological polar surface area (TPSA) is 39.1 Å². The van der Waals surface area contributed by atoms with Gasteiger partial charge in [0.05, 0.1) is 18.5 Å². The molecule has 1 aliphatic heterocycles. The lowest BCUT2D eigenvalue weighted by Gasteiger charge is -2.22. The van der Waals surface area contributed by atoms with Crippen LogP contribution < -0.4 is 10.1 Å². The van der Waals surface area contributed by atoms with Gasteiger partial charge in [0, 0.05) is 6.54 Å². The molecule has 100 valence electrons. The third-order valence-electron chi connectivity index (χ3n) is 4.06. The van der Waals surface area contributed by atoms with E-state index in [-0.39, 0.29) is 0 Å². The molecule has 1 unspecified atom stereocenters. The molecule has 1 aromatic rings. The first-order valence-electron chi connectivity index (χ1n) is 7.30. The second kappa shape index (κ2) is 5.74. The first kappa shape index (κ1) is 12.0. The molecule has 1 atom stereocenters. The van der Waals surface area contributed by atoms with Crippen LogP contribution in [0.2, 0.25) is 0 Å². The number of rotatable bonds is 4.